The SMILES string of the molecule is N#Cc1cc(-n2c3ccccc3c3ccncc32)nc(-n2c3ccccc3c3ccncc32)c1. The average Bonchev–Trinajstić information content (AvgIpc) is 3.42. The van der Waals surface area contributed by atoms with Crippen molar-refractivity contribution >= 4 is 43.6 Å². The number of fused-ring (bicyclic) bond motifs is 6. The second-order valence-corrected chi connectivity index (χ2v) is 8.17. The molecule has 6 heteroatoms. The van der Waals surface area contributed by atoms with Gasteiger partial charge in [0.05, 0.1) is 46.1 Å². The first kappa shape index (κ1) is 18.5. The highest BCUT2D eigenvalue weighted by molar-refractivity contribution is 6.09. The van der Waals surface area contributed by atoms with E-state index >= 15 is 0 Å². The molecule has 158 valence electrons. The zero-order chi connectivity index (χ0) is 22.6. The molecule has 0 aliphatic heterocycles. The van der Waals surface area contributed by atoms with Crippen LogP contribution in [0.15, 0.2) is 97.6 Å². The summed E-state index contributed by atoms with van der Waals surface area (Å²) < 4.78 is 4.16. The maximum atomic E-state index is 9.91. The van der Waals surface area contributed by atoms with Crippen LogP contribution < -0.4 is 0 Å². The van der Waals surface area contributed by atoms with Crippen molar-refractivity contribution in [3.05, 3.63) is 103 Å². The van der Waals surface area contributed by atoms with Crippen LogP contribution in [0.5, 0.6) is 0 Å². The van der Waals surface area contributed by atoms with Crippen molar-refractivity contribution in [2.24, 2.45) is 0 Å². The van der Waals surface area contributed by atoms with Crippen molar-refractivity contribution in [1.82, 2.24) is 24.1 Å². The lowest BCUT2D eigenvalue weighted by Crippen LogP contribution is -2.04. The molecule has 0 amide bonds. The van der Waals surface area contributed by atoms with E-state index in [2.05, 4.69) is 49.4 Å². The van der Waals surface area contributed by atoms with Crippen LogP contribution in [0.3, 0.4) is 0 Å². The van der Waals surface area contributed by atoms with Crippen LogP contribution in [0.1, 0.15) is 5.56 Å². The maximum Gasteiger partial charge on any atom is 0.141 e. The van der Waals surface area contributed by atoms with Gasteiger partial charge in [-0.25, -0.2) is 4.98 Å². The fraction of sp³-hybridized carbons (Fsp3) is 0. The Labute approximate surface area is 194 Å². The standard InChI is InChI=1S/C28H16N6/c29-15-18-13-27(33-23-7-3-1-5-19(23)21-9-11-30-16-25(21)33)32-28(14-18)34-24-8-4-2-6-20(24)22-10-12-31-17-26(22)34/h1-14,16-17H. The maximum absolute atomic E-state index is 9.91. The van der Waals surface area contributed by atoms with E-state index in [1.807, 2.05) is 60.9 Å². The Kier molecular flexibility index (Phi) is 3.81. The second kappa shape index (κ2) is 6.99. The molecule has 0 N–H and O–H groups in total. The van der Waals surface area contributed by atoms with Crippen LogP contribution in [0.25, 0.3) is 55.2 Å². The average molecular weight is 436 g/mol. The van der Waals surface area contributed by atoms with Crippen LogP contribution >= 0.6 is 0 Å². The molecule has 7 aromatic rings. The van der Waals surface area contributed by atoms with Gasteiger partial charge >= 0.3 is 0 Å². The third kappa shape index (κ3) is 2.52. The lowest BCUT2D eigenvalue weighted by Gasteiger charge is -2.12. The molecule has 0 spiro atoms. The third-order valence-electron chi connectivity index (χ3n) is 6.34. The quantitative estimate of drug-likeness (QED) is 0.336. The van der Waals surface area contributed by atoms with Crippen molar-refractivity contribution in [3.63, 3.8) is 0 Å². The molecular formula is C28H16N6. The summed E-state index contributed by atoms with van der Waals surface area (Å²) in [5.74, 6) is 1.34. The predicted molar refractivity (Wildman–Crippen MR) is 133 cm³/mol. The summed E-state index contributed by atoms with van der Waals surface area (Å²) in [5.41, 5.74) is 4.46. The molecule has 0 radical (unpaired) electrons. The fourth-order valence-electron chi connectivity index (χ4n) is 4.93. The molecule has 34 heavy (non-hydrogen) atoms. The summed E-state index contributed by atoms with van der Waals surface area (Å²) >= 11 is 0. The topological polar surface area (TPSA) is 72.3 Å². The lowest BCUT2D eigenvalue weighted by atomic mass is 10.2. The molecule has 2 aromatic carbocycles. The first-order valence-electron chi connectivity index (χ1n) is 10.9. The number of pyridine rings is 3. The molecular weight excluding hydrogens is 420 g/mol. The van der Waals surface area contributed by atoms with E-state index in [0.29, 0.717) is 17.2 Å². The summed E-state index contributed by atoms with van der Waals surface area (Å²) in [4.78, 5) is 13.8. The molecule has 0 aliphatic carbocycles. The minimum atomic E-state index is 0.532. The smallest absolute Gasteiger partial charge is 0.141 e. The Morgan fingerprint density at radius 2 is 1.06 bits per heavy atom. The fourth-order valence-corrected chi connectivity index (χ4v) is 4.93. The van der Waals surface area contributed by atoms with Crippen LogP contribution in [-0.4, -0.2) is 24.1 Å². The van der Waals surface area contributed by atoms with Crippen molar-refractivity contribution in [3.8, 4) is 17.7 Å². The zero-order valence-electron chi connectivity index (χ0n) is 17.9. The van der Waals surface area contributed by atoms with Gasteiger partial charge in [-0.05, 0) is 36.4 Å². The first-order valence-corrected chi connectivity index (χ1v) is 10.9. The molecule has 0 saturated heterocycles. The first-order chi connectivity index (χ1) is 16.8. The normalized spacial score (nSPS) is 11.5. The molecule has 0 aliphatic rings. The summed E-state index contributed by atoms with van der Waals surface area (Å²) in [6.07, 6.45) is 7.30. The molecule has 0 fully saturated rings. The van der Waals surface area contributed by atoms with Gasteiger partial charge in [0.25, 0.3) is 0 Å². The molecule has 6 nitrogen and oxygen atoms in total. The van der Waals surface area contributed by atoms with Crippen molar-refractivity contribution in [1.29, 1.82) is 5.26 Å². The van der Waals surface area contributed by atoms with E-state index in [0.717, 1.165) is 43.6 Å². The van der Waals surface area contributed by atoms with Gasteiger partial charge < -0.3 is 0 Å². The highest BCUT2D eigenvalue weighted by atomic mass is 15.1. The Morgan fingerprint density at radius 3 is 1.56 bits per heavy atom. The second-order valence-electron chi connectivity index (χ2n) is 8.17. The van der Waals surface area contributed by atoms with E-state index in [9.17, 15) is 5.26 Å². The van der Waals surface area contributed by atoms with Gasteiger partial charge in [-0.3, -0.25) is 19.1 Å². The number of nitrogens with zero attached hydrogens (tertiary/aromatic N) is 6. The van der Waals surface area contributed by atoms with Crippen LogP contribution in [0.4, 0.5) is 0 Å². The van der Waals surface area contributed by atoms with Gasteiger partial charge in [0.1, 0.15) is 11.6 Å². The number of rotatable bonds is 2. The van der Waals surface area contributed by atoms with Crippen molar-refractivity contribution < 1.29 is 0 Å². The number of hydrogen-bond acceptors (Lipinski definition) is 4. The van der Waals surface area contributed by atoms with E-state index in [4.69, 9.17) is 4.98 Å². The van der Waals surface area contributed by atoms with Crippen LogP contribution in [0, 0.1) is 11.3 Å². The van der Waals surface area contributed by atoms with Gasteiger partial charge in [0, 0.05) is 33.9 Å². The number of para-hydroxylation sites is 2. The number of hydrogen-bond donors (Lipinski definition) is 0. The minimum absolute atomic E-state index is 0.532. The summed E-state index contributed by atoms with van der Waals surface area (Å²) in [6, 6.07) is 26.4. The van der Waals surface area contributed by atoms with E-state index in [1.165, 1.54) is 0 Å². The van der Waals surface area contributed by atoms with Crippen molar-refractivity contribution in [2.75, 3.05) is 0 Å². The summed E-state index contributed by atoms with van der Waals surface area (Å²) in [6.45, 7) is 0. The molecule has 7 rings (SSSR count). The van der Waals surface area contributed by atoms with Crippen molar-refractivity contribution in [2.45, 2.75) is 0 Å². The van der Waals surface area contributed by atoms with Gasteiger partial charge in [-0.1, -0.05) is 36.4 Å². The molecule has 5 heterocycles. The molecule has 0 saturated carbocycles. The van der Waals surface area contributed by atoms with Crippen LogP contribution in [0.2, 0.25) is 0 Å². The minimum Gasteiger partial charge on any atom is -0.292 e. The lowest BCUT2D eigenvalue weighted by molar-refractivity contribution is 1.01. The van der Waals surface area contributed by atoms with E-state index in [1.54, 1.807) is 12.4 Å². The molecule has 0 bridgehead atoms. The van der Waals surface area contributed by atoms with Gasteiger partial charge in [-0.2, -0.15) is 5.26 Å². The Morgan fingerprint density at radius 1 is 0.588 bits per heavy atom. The summed E-state index contributed by atoms with van der Waals surface area (Å²) in [7, 11) is 0. The zero-order valence-corrected chi connectivity index (χ0v) is 17.9. The van der Waals surface area contributed by atoms with Gasteiger partial charge in [-0.15, -0.1) is 0 Å². The molecule has 5 aromatic heterocycles. The highest BCUT2D eigenvalue weighted by Crippen LogP contribution is 2.33. The Bertz CT molecular complexity index is 1700. The largest absolute Gasteiger partial charge is 0.292 e. The Hall–Kier alpha value is -5.02. The van der Waals surface area contributed by atoms with Gasteiger partial charge in [0.2, 0.25) is 0 Å². The van der Waals surface area contributed by atoms with E-state index < -0.39 is 0 Å². The highest BCUT2D eigenvalue weighted by Gasteiger charge is 2.17. The summed E-state index contributed by atoms with van der Waals surface area (Å²) in [5, 5.41) is 14.3. The molecule has 0 atom stereocenters. The third-order valence-corrected chi connectivity index (χ3v) is 6.34. The number of benzene rings is 2. The van der Waals surface area contributed by atoms with E-state index in [-0.39, 0.29) is 0 Å². The monoisotopic (exact) mass is 436 g/mol. The predicted octanol–water partition coefficient (Wildman–Crippen LogP) is 5.94. The number of aromatic nitrogens is 5. The Balaban J connectivity index is 1.60. The number of nitriles is 1. The molecule has 0 unspecified atom stereocenters. The van der Waals surface area contributed by atoms with Crippen LogP contribution in [-0.2, 0) is 0 Å². The van der Waals surface area contributed by atoms with Gasteiger partial charge in [0.15, 0.2) is 0 Å².